The average molecular weight is 470 g/mol. The van der Waals surface area contributed by atoms with Crippen molar-refractivity contribution in [2.24, 2.45) is 7.05 Å². The molecule has 1 unspecified atom stereocenters. The first-order chi connectivity index (χ1) is 15.0. The highest BCUT2D eigenvalue weighted by atomic mass is 28.3. The lowest BCUT2D eigenvalue weighted by Crippen LogP contribution is -2.25. The molecule has 2 N–H and O–H groups in total. The van der Waals surface area contributed by atoms with Crippen molar-refractivity contribution in [2.75, 3.05) is 23.7 Å². The molecule has 4 nitrogen and oxygen atoms in total. The smallest absolute Gasteiger partial charge is 0.243 e. The van der Waals surface area contributed by atoms with E-state index in [2.05, 4.69) is 92.3 Å². The van der Waals surface area contributed by atoms with Crippen molar-refractivity contribution in [3.8, 4) is 0 Å². The van der Waals surface area contributed by atoms with Crippen molar-refractivity contribution in [1.82, 2.24) is 4.57 Å². The summed E-state index contributed by atoms with van der Waals surface area (Å²) in [6.07, 6.45) is 11.2. The molecule has 0 aliphatic carbocycles. The van der Waals surface area contributed by atoms with E-state index in [1.807, 2.05) is 0 Å². The molecule has 1 atom stereocenters. The fraction of sp³-hybridized carbons (Fsp3) is 0.654. The maximum Gasteiger partial charge on any atom is 0.243 e. The average Bonchev–Trinajstić information content (AvgIpc) is 3.36. The minimum atomic E-state index is -1.11. The first-order valence-electron chi connectivity index (χ1n) is 12.4. The normalized spacial score (nSPS) is 17.3. The molecule has 0 spiro atoms. The Morgan fingerprint density at radius 3 is 2.47 bits per heavy atom. The molecule has 2 heterocycles. The van der Waals surface area contributed by atoms with Gasteiger partial charge in [0.15, 0.2) is 0 Å². The van der Waals surface area contributed by atoms with E-state index in [0.29, 0.717) is 11.1 Å². The third-order valence-corrected chi connectivity index (χ3v) is 10.7. The van der Waals surface area contributed by atoms with Crippen LogP contribution in [-0.2, 0) is 19.9 Å². The molecule has 1 saturated heterocycles. The lowest BCUT2D eigenvalue weighted by atomic mass is 10.0. The Bertz CT molecular complexity index is 898. The van der Waals surface area contributed by atoms with Crippen LogP contribution in [0.5, 0.6) is 0 Å². The number of benzene rings is 1. The number of anilines is 2. The summed E-state index contributed by atoms with van der Waals surface area (Å²) in [4.78, 5) is 2.59. The van der Waals surface area contributed by atoms with E-state index in [4.69, 9.17) is 5.73 Å². The van der Waals surface area contributed by atoms with Crippen LogP contribution in [0.15, 0.2) is 30.9 Å². The van der Waals surface area contributed by atoms with E-state index in [1.165, 1.54) is 41.7 Å². The molecule has 1 aromatic heterocycles. The molecule has 3 rings (SSSR count). The number of nitrogens with two attached hydrogens (primary N) is 1. The van der Waals surface area contributed by atoms with E-state index in [1.54, 1.807) is 0 Å². The highest BCUT2D eigenvalue weighted by molar-refractivity contribution is 6.76. The van der Waals surface area contributed by atoms with Gasteiger partial charge >= 0.3 is 0 Å². The molecular formula is C26H45N4Si2+. The number of aryl methyl sites for hydroxylation is 3. The van der Waals surface area contributed by atoms with Crippen LogP contribution in [0.25, 0.3) is 0 Å². The summed E-state index contributed by atoms with van der Waals surface area (Å²) in [6.45, 7) is 16.7. The molecule has 1 fully saturated rings. The van der Waals surface area contributed by atoms with Crippen LogP contribution in [0, 0.1) is 0 Å². The molecule has 1 aromatic carbocycles. The summed E-state index contributed by atoms with van der Waals surface area (Å²) in [6, 6.07) is 7.91. The molecule has 0 amide bonds. The van der Waals surface area contributed by atoms with Gasteiger partial charge in [0, 0.05) is 41.9 Å². The van der Waals surface area contributed by atoms with Crippen molar-refractivity contribution in [3.05, 3.63) is 42.0 Å². The zero-order valence-corrected chi connectivity index (χ0v) is 23.5. The van der Waals surface area contributed by atoms with E-state index in [0.717, 1.165) is 41.1 Å². The predicted octanol–water partition coefficient (Wildman–Crippen LogP) is 5.50. The van der Waals surface area contributed by atoms with Gasteiger partial charge < -0.3 is 10.6 Å². The fourth-order valence-corrected chi connectivity index (χ4v) is 6.77. The fourth-order valence-electron chi connectivity index (χ4n) is 4.43. The SMILES string of the molecule is CCC(C)(C)[Si]CCc1cc(N2CCC(n3cc[n+](C)c3)C2)cc(CC[Si](C)(C)C)c1N. The third kappa shape index (κ3) is 6.73. The van der Waals surface area contributed by atoms with Gasteiger partial charge in [-0.25, -0.2) is 9.13 Å². The highest BCUT2D eigenvalue weighted by Gasteiger charge is 2.28. The minimum Gasteiger partial charge on any atom is -0.398 e. The van der Waals surface area contributed by atoms with Crippen LogP contribution in [0.1, 0.15) is 50.8 Å². The lowest BCUT2D eigenvalue weighted by Gasteiger charge is -2.24. The Kier molecular flexibility index (Phi) is 7.97. The first kappa shape index (κ1) is 25.1. The Morgan fingerprint density at radius 2 is 1.88 bits per heavy atom. The van der Waals surface area contributed by atoms with Crippen LogP contribution in [0.2, 0.25) is 36.8 Å². The maximum atomic E-state index is 6.78. The van der Waals surface area contributed by atoms with Crippen LogP contribution in [-0.4, -0.2) is 35.3 Å². The Hall–Kier alpha value is -1.54. The van der Waals surface area contributed by atoms with Crippen molar-refractivity contribution in [3.63, 3.8) is 0 Å². The minimum absolute atomic E-state index is 0.447. The van der Waals surface area contributed by atoms with Crippen LogP contribution < -0.4 is 15.2 Å². The topological polar surface area (TPSA) is 38.1 Å². The molecule has 2 aromatic rings. The molecule has 0 saturated carbocycles. The second kappa shape index (κ2) is 10.2. The van der Waals surface area contributed by atoms with Crippen molar-refractivity contribution in [2.45, 2.75) is 89.3 Å². The van der Waals surface area contributed by atoms with Gasteiger partial charge in [-0.05, 0) is 41.1 Å². The van der Waals surface area contributed by atoms with Crippen LogP contribution >= 0.6 is 0 Å². The van der Waals surface area contributed by atoms with Crippen LogP contribution in [0.4, 0.5) is 11.4 Å². The van der Waals surface area contributed by atoms with E-state index >= 15 is 0 Å². The van der Waals surface area contributed by atoms with E-state index < -0.39 is 8.07 Å². The Morgan fingerprint density at radius 1 is 1.19 bits per heavy atom. The van der Waals surface area contributed by atoms with Gasteiger partial charge in [-0.15, -0.1) is 0 Å². The van der Waals surface area contributed by atoms with Gasteiger partial charge in [-0.3, -0.25) is 0 Å². The molecule has 1 aliphatic heterocycles. The molecule has 6 heteroatoms. The monoisotopic (exact) mass is 469 g/mol. The van der Waals surface area contributed by atoms with E-state index in [-0.39, 0.29) is 0 Å². The van der Waals surface area contributed by atoms with Crippen molar-refractivity contribution in [1.29, 1.82) is 0 Å². The van der Waals surface area contributed by atoms with Crippen molar-refractivity contribution < 1.29 is 4.57 Å². The number of rotatable bonds is 10. The largest absolute Gasteiger partial charge is 0.398 e. The zero-order chi connectivity index (χ0) is 23.5. The molecule has 2 radical (unpaired) electrons. The summed E-state index contributed by atoms with van der Waals surface area (Å²) in [5, 5.41) is 0.447. The van der Waals surface area contributed by atoms with Gasteiger partial charge in [0.1, 0.15) is 18.4 Å². The summed E-state index contributed by atoms with van der Waals surface area (Å²) in [7, 11) is 1.97. The third-order valence-electron chi connectivity index (χ3n) is 7.10. The second-order valence-electron chi connectivity index (χ2n) is 11.6. The van der Waals surface area contributed by atoms with Gasteiger partial charge in [-0.2, -0.15) is 0 Å². The predicted molar refractivity (Wildman–Crippen MR) is 143 cm³/mol. The summed E-state index contributed by atoms with van der Waals surface area (Å²) >= 11 is 0. The quantitative estimate of drug-likeness (QED) is 0.283. The number of hydrogen-bond acceptors (Lipinski definition) is 2. The summed E-state index contributed by atoms with van der Waals surface area (Å²) < 4.78 is 4.51. The highest BCUT2D eigenvalue weighted by Crippen LogP contribution is 2.34. The van der Waals surface area contributed by atoms with Crippen LogP contribution in [0.3, 0.4) is 0 Å². The zero-order valence-electron chi connectivity index (χ0n) is 21.5. The Labute approximate surface area is 200 Å². The number of hydrogen-bond donors (Lipinski definition) is 1. The van der Waals surface area contributed by atoms with Gasteiger partial charge in [0.25, 0.3) is 0 Å². The number of imidazole rings is 1. The second-order valence-corrected chi connectivity index (χ2v) is 19.4. The number of aromatic nitrogens is 2. The molecular weight excluding hydrogens is 424 g/mol. The Balaban J connectivity index is 1.80. The maximum absolute atomic E-state index is 6.78. The summed E-state index contributed by atoms with van der Waals surface area (Å²) in [5.41, 5.74) is 12.0. The first-order valence-corrected chi connectivity index (χ1v) is 17.3. The van der Waals surface area contributed by atoms with Gasteiger partial charge in [-0.1, -0.05) is 58.9 Å². The lowest BCUT2D eigenvalue weighted by molar-refractivity contribution is -0.671. The van der Waals surface area contributed by atoms with Gasteiger partial charge in [0.2, 0.25) is 6.33 Å². The van der Waals surface area contributed by atoms with Crippen molar-refractivity contribution >= 4 is 29.0 Å². The molecule has 1 aliphatic rings. The standard InChI is InChI=1S/C26H45N4Si2/c1-8-26(2,3)31-15-10-21-17-24(18-22(25(21)27)11-16-32(5,6)7)29-12-9-23(19-29)30-14-13-28(4)20-30/h13-14,17-18,20,23H,8-12,15-16,19,27H2,1-7H3/q+1. The van der Waals surface area contributed by atoms with E-state index in [9.17, 15) is 0 Å². The summed E-state index contributed by atoms with van der Waals surface area (Å²) in [5.74, 6) is 0. The van der Waals surface area contributed by atoms with Gasteiger partial charge in [0.05, 0.1) is 13.6 Å². The molecule has 176 valence electrons. The number of nitrogen functional groups attached to an aromatic ring is 1. The number of nitrogens with zero attached hydrogens (tertiary/aromatic N) is 3. The molecule has 32 heavy (non-hydrogen) atoms. The molecule has 0 bridgehead atoms.